The van der Waals surface area contributed by atoms with Gasteiger partial charge in [-0.2, -0.15) is 0 Å². The smallest absolute Gasteiger partial charge is 0.225 e. The lowest BCUT2D eigenvalue weighted by Gasteiger charge is -2.17. The number of methoxy groups -OCH3 is 1. The highest BCUT2D eigenvalue weighted by molar-refractivity contribution is 5.91. The molecule has 2 aromatic heterocycles. The summed E-state index contributed by atoms with van der Waals surface area (Å²) < 4.78 is 19.7. The number of hydrogen-bond donors (Lipinski definition) is 3. The van der Waals surface area contributed by atoms with E-state index in [2.05, 4.69) is 20.3 Å². The number of ether oxygens (including phenoxy) is 1. The molecule has 0 fully saturated rings. The van der Waals surface area contributed by atoms with Crippen molar-refractivity contribution in [3.8, 4) is 17.0 Å². The van der Waals surface area contributed by atoms with E-state index in [1.165, 1.54) is 6.07 Å². The van der Waals surface area contributed by atoms with E-state index < -0.39 is 0 Å². The van der Waals surface area contributed by atoms with Gasteiger partial charge in [0.05, 0.1) is 31.5 Å². The van der Waals surface area contributed by atoms with Crippen molar-refractivity contribution in [3.63, 3.8) is 0 Å². The number of unbranched alkanes of at least 4 members (excludes halogenated alkanes) is 2. The summed E-state index contributed by atoms with van der Waals surface area (Å²) in [4.78, 5) is 36.0. The number of halogens is 1. The zero-order valence-corrected chi connectivity index (χ0v) is 22.2. The number of H-pyrrole nitrogens is 2. The van der Waals surface area contributed by atoms with Crippen molar-refractivity contribution in [1.82, 2.24) is 20.3 Å². The number of amides is 1. The van der Waals surface area contributed by atoms with Crippen LogP contribution in [-0.2, 0) is 16.0 Å². The zero-order valence-electron chi connectivity index (χ0n) is 22.2. The molecule has 1 amide bonds. The highest BCUT2D eigenvalue weighted by Crippen LogP contribution is 2.28. The number of aryl methyl sites for hydroxylation is 1. The molecule has 38 heavy (non-hydrogen) atoms. The van der Waals surface area contributed by atoms with Crippen LogP contribution in [0.5, 0.6) is 5.75 Å². The third-order valence-corrected chi connectivity index (χ3v) is 6.93. The van der Waals surface area contributed by atoms with Gasteiger partial charge in [-0.25, -0.2) is 9.37 Å². The Morgan fingerprint density at radius 1 is 1.11 bits per heavy atom. The molecular formula is C30H35FN4O3. The summed E-state index contributed by atoms with van der Waals surface area (Å²) in [7, 11) is 1.62. The number of carbonyl (C=O) groups is 2. The second kappa shape index (κ2) is 12.5. The summed E-state index contributed by atoms with van der Waals surface area (Å²) in [6.45, 7) is 3.83. The van der Waals surface area contributed by atoms with Crippen molar-refractivity contribution in [3.05, 3.63) is 71.6 Å². The Labute approximate surface area is 222 Å². The molecule has 1 atom stereocenters. The van der Waals surface area contributed by atoms with Crippen LogP contribution in [-0.4, -0.2) is 33.8 Å². The number of hydrogen-bond acceptors (Lipinski definition) is 4. The lowest BCUT2D eigenvalue weighted by atomic mass is 10.0. The lowest BCUT2D eigenvalue weighted by molar-refractivity contribution is -0.121. The first-order valence-corrected chi connectivity index (χ1v) is 13.2. The van der Waals surface area contributed by atoms with E-state index >= 15 is 0 Å². The molecule has 0 spiro atoms. The summed E-state index contributed by atoms with van der Waals surface area (Å²) >= 11 is 0. The lowest BCUT2D eigenvalue weighted by Crippen LogP contribution is -2.30. The predicted molar refractivity (Wildman–Crippen MR) is 147 cm³/mol. The zero-order chi connectivity index (χ0) is 27.1. The van der Waals surface area contributed by atoms with Gasteiger partial charge < -0.3 is 20.0 Å². The molecule has 2 heterocycles. The topological polar surface area (TPSA) is 99.9 Å². The predicted octanol–water partition coefficient (Wildman–Crippen LogP) is 6.34. The Kier molecular flexibility index (Phi) is 8.94. The normalized spacial score (nSPS) is 12.0. The summed E-state index contributed by atoms with van der Waals surface area (Å²) in [5, 5.41) is 4.10. The third-order valence-electron chi connectivity index (χ3n) is 6.93. The van der Waals surface area contributed by atoms with Crippen molar-refractivity contribution in [2.24, 2.45) is 0 Å². The first-order valence-electron chi connectivity index (χ1n) is 13.2. The van der Waals surface area contributed by atoms with Crippen molar-refractivity contribution in [2.45, 2.75) is 64.8 Å². The molecule has 0 bridgehead atoms. The number of aromatic amines is 2. The van der Waals surface area contributed by atoms with Gasteiger partial charge in [0.1, 0.15) is 23.2 Å². The molecule has 200 valence electrons. The second-order valence-corrected chi connectivity index (χ2v) is 9.59. The molecular weight excluding hydrogens is 483 g/mol. The van der Waals surface area contributed by atoms with Crippen molar-refractivity contribution in [1.29, 1.82) is 0 Å². The fourth-order valence-corrected chi connectivity index (χ4v) is 4.75. The fraction of sp³-hybridized carbons (Fsp3) is 0.367. The minimum absolute atomic E-state index is 0.133. The summed E-state index contributed by atoms with van der Waals surface area (Å²) in [6.07, 6.45) is 6.10. The van der Waals surface area contributed by atoms with Gasteiger partial charge in [0, 0.05) is 35.0 Å². The van der Waals surface area contributed by atoms with E-state index in [1.807, 2.05) is 32.0 Å². The first-order chi connectivity index (χ1) is 18.4. The van der Waals surface area contributed by atoms with Gasteiger partial charge in [0.15, 0.2) is 0 Å². The molecule has 3 N–H and O–H groups in total. The van der Waals surface area contributed by atoms with E-state index in [-0.39, 0.29) is 30.0 Å². The van der Waals surface area contributed by atoms with Crippen LogP contribution in [0, 0.1) is 12.7 Å². The van der Waals surface area contributed by atoms with E-state index in [4.69, 9.17) is 4.74 Å². The number of carbonyl (C=O) groups excluding carboxylic acids is 2. The Morgan fingerprint density at radius 3 is 2.68 bits per heavy atom. The van der Waals surface area contributed by atoms with Crippen molar-refractivity contribution < 1.29 is 18.7 Å². The number of nitrogens with one attached hydrogen (secondary N) is 3. The van der Waals surface area contributed by atoms with Crippen LogP contribution >= 0.6 is 0 Å². The summed E-state index contributed by atoms with van der Waals surface area (Å²) in [5.74, 6) is 1.11. The van der Waals surface area contributed by atoms with Gasteiger partial charge in [-0.15, -0.1) is 0 Å². The van der Waals surface area contributed by atoms with Gasteiger partial charge in [-0.3, -0.25) is 9.59 Å². The number of benzene rings is 2. The molecule has 0 saturated carbocycles. The largest absolute Gasteiger partial charge is 0.497 e. The van der Waals surface area contributed by atoms with Crippen LogP contribution in [0.3, 0.4) is 0 Å². The Bertz CT molecular complexity index is 1410. The molecule has 4 rings (SSSR count). The molecule has 0 saturated heterocycles. The van der Waals surface area contributed by atoms with Crippen molar-refractivity contribution in [2.75, 3.05) is 7.11 Å². The summed E-state index contributed by atoms with van der Waals surface area (Å²) in [6, 6.07) is 11.9. The first kappa shape index (κ1) is 27.1. The van der Waals surface area contributed by atoms with Crippen LogP contribution in [0.2, 0.25) is 0 Å². The minimum atomic E-state index is -0.370. The number of rotatable bonds is 13. The van der Waals surface area contributed by atoms with Crippen LogP contribution in [0.25, 0.3) is 22.2 Å². The Morgan fingerprint density at radius 2 is 1.92 bits per heavy atom. The van der Waals surface area contributed by atoms with Gasteiger partial charge in [-0.05, 0) is 55.7 Å². The maximum atomic E-state index is 14.4. The van der Waals surface area contributed by atoms with Crippen LogP contribution < -0.4 is 10.1 Å². The van der Waals surface area contributed by atoms with Crippen LogP contribution in [0.4, 0.5) is 4.39 Å². The standard InChI is InChI=1S/C30H35FN4O3/c1-4-20(36)10-6-5-7-13-27(30-32-18-28(35-30)22-11-8-9-12-25(22)31)34-29(37)17-23-19(2)33-26-15-14-21(38-3)16-24(23)26/h8-9,11-12,14-16,18,27,33H,4-7,10,13,17H2,1-3H3,(H,32,35)(H,34,37)/t27-/m0/s1. The monoisotopic (exact) mass is 518 g/mol. The average molecular weight is 519 g/mol. The molecule has 2 aromatic carbocycles. The molecule has 8 heteroatoms. The number of nitrogens with zero attached hydrogens (tertiary/aromatic N) is 1. The number of fused-ring (bicyclic) bond motifs is 1. The van der Waals surface area contributed by atoms with E-state index in [0.717, 1.165) is 47.2 Å². The highest BCUT2D eigenvalue weighted by Gasteiger charge is 2.21. The molecule has 0 unspecified atom stereocenters. The molecule has 0 aliphatic carbocycles. The van der Waals surface area contributed by atoms with E-state index in [9.17, 15) is 14.0 Å². The number of aromatic nitrogens is 3. The molecule has 0 aliphatic heterocycles. The average Bonchev–Trinajstić information content (AvgIpc) is 3.52. The molecule has 4 aromatic rings. The minimum Gasteiger partial charge on any atom is -0.497 e. The Hall–Kier alpha value is -3.94. The van der Waals surface area contributed by atoms with E-state index in [1.54, 1.807) is 31.5 Å². The molecule has 7 nitrogen and oxygen atoms in total. The van der Waals surface area contributed by atoms with Gasteiger partial charge >= 0.3 is 0 Å². The molecule has 0 radical (unpaired) electrons. The summed E-state index contributed by atoms with van der Waals surface area (Å²) in [5.41, 5.74) is 3.79. The van der Waals surface area contributed by atoms with Crippen LogP contribution in [0.1, 0.15) is 68.6 Å². The third kappa shape index (κ3) is 6.49. The van der Waals surface area contributed by atoms with Crippen molar-refractivity contribution >= 4 is 22.6 Å². The fourth-order valence-electron chi connectivity index (χ4n) is 4.75. The van der Waals surface area contributed by atoms with Gasteiger partial charge in [0.2, 0.25) is 5.91 Å². The maximum Gasteiger partial charge on any atom is 0.225 e. The number of ketones is 1. The number of Topliss-reactive ketones (excluding diaryl/α,β-unsaturated/α-hetero) is 1. The quantitative estimate of drug-likeness (QED) is 0.180. The Balaban J connectivity index is 1.51. The second-order valence-electron chi connectivity index (χ2n) is 9.59. The SMILES string of the molecule is CCC(=O)CCCCC[C@H](NC(=O)Cc1c(C)[nH]c2ccc(OC)cc12)c1ncc(-c2ccccc2F)[nH]1. The van der Waals surface area contributed by atoms with Gasteiger partial charge in [-0.1, -0.05) is 31.9 Å². The number of imidazole rings is 1. The van der Waals surface area contributed by atoms with Gasteiger partial charge in [0.25, 0.3) is 0 Å². The highest BCUT2D eigenvalue weighted by atomic mass is 19.1. The van der Waals surface area contributed by atoms with E-state index in [0.29, 0.717) is 36.3 Å². The maximum absolute atomic E-state index is 14.4. The van der Waals surface area contributed by atoms with Crippen LogP contribution in [0.15, 0.2) is 48.7 Å². The molecule has 0 aliphatic rings.